The largest absolute Gasteiger partial charge is 0.494 e. The fourth-order valence-corrected chi connectivity index (χ4v) is 2.36. The molecule has 1 aromatic carbocycles. The van der Waals surface area contributed by atoms with E-state index < -0.39 is 0 Å². The Bertz CT molecular complexity index is 312. The first-order valence-electron chi connectivity index (χ1n) is 6.68. The summed E-state index contributed by atoms with van der Waals surface area (Å²) in [5.41, 5.74) is 7.58. The standard InChI is InChI=1S/C15H25NO/c1-4-11-15(16,12-5-2)13-7-9-14(10-8-13)17-6-3/h7-10H,4-6,11-12,16H2,1-3H3. The molecule has 1 aromatic rings. The Balaban J connectivity index is 2.87. The summed E-state index contributed by atoms with van der Waals surface area (Å²) >= 11 is 0. The molecule has 0 heterocycles. The molecule has 2 nitrogen and oxygen atoms in total. The monoisotopic (exact) mass is 235 g/mol. The molecule has 0 aliphatic rings. The first-order valence-corrected chi connectivity index (χ1v) is 6.68. The Morgan fingerprint density at radius 1 is 1.00 bits per heavy atom. The fourth-order valence-electron chi connectivity index (χ4n) is 2.36. The van der Waals surface area contributed by atoms with Gasteiger partial charge in [-0.1, -0.05) is 38.8 Å². The quantitative estimate of drug-likeness (QED) is 0.779. The van der Waals surface area contributed by atoms with Crippen LogP contribution < -0.4 is 10.5 Å². The molecule has 0 aliphatic carbocycles. The topological polar surface area (TPSA) is 35.2 Å². The molecular weight excluding hydrogens is 210 g/mol. The van der Waals surface area contributed by atoms with Gasteiger partial charge >= 0.3 is 0 Å². The number of hydrogen-bond acceptors (Lipinski definition) is 2. The van der Waals surface area contributed by atoms with Crippen molar-refractivity contribution in [3.8, 4) is 5.75 Å². The molecule has 0 spiro atoms. The van der Waals surface area contributed by atoms with Gasteiger partial charge in [0.1, 0.15) is 5.75 Å². The SMILES string of the molecule is CCCC(N)(CCC)c1ccc(OCC)cc1. The molecule has 17 heavy (non-hydrogen) atoms. The molecule has 0 aliphatic heterocycles. The summed E-state index contributed by atoms with van der Waals surface area (Å²) in [5, 5.41) is 0. The Hall–Kier alpha value is -1.02. The zero-order chi connectivity index (χ0) is 12.7. The number of nitrogens with two attached hydrogens (primary N) is 1. The molecule has 1 rings (SSSR count). The van der Waals surface area contributed by atoms with E-state index in [4.69, 9.17) is 10.5 Å². The molecule has 96 valence electrons. The van der Waals surface area contributed by atoms with Crippen molar-refractivity contribution < 1.29 is 4.74 Å². The summed E-state index contributed by atoms with van der Waals surface area (Å²) < 4.78 is 5.45. The number of hydrogen-bond donors (Lipinski definition) is 1. The first kappa shape index (κ1) is 14.0. The van der Waals surface area contributed by atoms with Crippen molar-refractivity contribution in [3.63, 3.8) is 0 Å². The molecule has 0 saturated carbocycles. The number of rotatable bonds is 7. The summed E-state index contributed by atoms with van der Waals surface area (Å²) in [6.45, 7) is 7.07. The molecule has 0 unspecified atom stereocenters. The van der Waals surface area contributed by atoms with Crippen LogP contribution in [0.25, 0.3) is 0 Å². The van der Waals surface area contributed by atoms with Crippen molar-refractivity contribution in [3.05, 3.63) is 29.8 Å². The van der Waals surface area contributed by atoms with Crippen LogP contribution in [0.1, 0.15) is 52.0 Å². The van der Waals surface area contributed by atoms with Gasteiger partial charge in [-0.15, -0.1) is 0 Å². The molecule has 0 bridgehead atoms. The Labute approximate surface area is 105 Å². The van der Waals surface area contributed by atoms with Gasteiger partial charge in [-0.25, -0.2) is 0 Å². The van der Waals surface area contributed by atoms with Crippen molar-refractivity contribution in [2.24, 2.45) is 5.73 Å². The second-order valence-corrected chi connectivity index (χ2v) is 4.61. The van der Waals surface area contributed by atoms with Gasteiger partial charge in [0.2, 0.25) is 0 Å². The van der Waals surface area contributed by atoms with E-state index in [1.807, 2.05) is 19.1 Å². The minimum absolute atomic E-state index is 0.172. The van der Waals surface area contributed by atoms with Crippen molar-refractivity contribution in [2.45, 2.75) is 52.0 Å². The summed E-state index contributed by atoms with van der Waals surface area (Å²) in [6, 6.07) is 8.25. The van der Waals surface area contributed by atoms with E-state index in [0.29, 0.717) is 6.61 Å². The molecule has 0 aromatic heterocycles. The van der Waals surface area contributed by atoms with Crippen LogP contribution in [0.3, 0.4) is 0 Å². The third-order valence-corrected chi connectivity index (χ3v) is 3.13. The first-order chi connectivity index (χ1) is 8.16. The fraction of sp³-hybridized carbons (Fsp3) is 0.600. The van der Waals surface area contributed by atoms with E-state index >= 15 is 0 Å². The molecule has 0 fully saturated rings. The molecule has 0 atom stereocenters. The van der Waals surface area contributed by atoms with Crippen LogP contribution in [-0.4, -0.2) is 6.61 Å². The van der Waals surface area contributed by atoms with Crippen LogP contribution in [0.2, 0.25) is 0 Å². The highest BCUT2D eigenvalue weighted by Crippen LogP contribution is 2.30. The molecule has 2 heteroatoms. The predicted molar refractivity (Wildman–Crippen MR) is 73.3 cm³/mol. The van der Waals surface area contributed by atoms with Gasteiger partial charge in [-0.2, -0.15) is 0 Å². The van der Waals surface area contributed by atoms with Crippen molar-refractivity contribution in [1.82, 2.24) is 0 Å². The van der Waals surface area contributed by atoms with Crippen LogP contribution in [0.5, 0.6) is 5.75 Å². The lowest BCUT2D eigenvalue weighted by Crippen LogP contribution is -2.36. The highest BCUT2D eigenvalue weighted by Gasteiger charge is 2.24. The zero-order valence-corrected chi connectivity index (χ0v) is 11.3. The molecule has 2 N–H and O–H groups in total. The lowest BCUT2D eigenvalue weighted by molar-refractivity contribution is 0.338. The summed E-state index contributed by atoms with van der Waals surface area (Å²) in [4.78, 5) is 0. The maximum atomic E-state index is 6.52. The zero-order valence-electron chi connectivity index (χ0n) is 11.3. The lowest BCUT2D eigenvalue weighted by atomic mass is 9.83. The summed E-state index contributed by atoms with van der Waals surface area (Å²) in [7, 11) is 0. The van der Waals surface area contributed by atoms with Crippen LogP contribution in [0.4, 0.5) is 0 Å². The average molecular weight is 235 g/mol. The van der Waals surface area contributed by atoms with Gasteiger partial charge in [0.05, 0.1) is 6.61 Å². The third-order valence-electron chi connectivity index (χ3n) is 3.13. The molecule has 0 radical (unpaired) electrons. The number of benzene rings is 1. The Morgan fingerprint density at radius 2 is 1.53 bits per heavy atom. The second-order valence-electron chi connectivity index (χ2n) is 4.61. The minimum atomic E-state index is -0.172. The van der Waals surface area contributed by atoms with Gasteiger partial charge in [-0.05, 0) is 37.5 Å². The van der Waals surface area contributed by atoms with Gasteiger partial charge in [-0.3, -0.25) is 0 Å². The van der Waals surface area contributed by atoms with E-state index in [0.717, 1.165) is 31.4 Å². The van der Waals surface area contributed by atoms with E-state index in [9.17, 15) is 0 Å². The highest BCUT2D eigenvalue weighted by atomic mass is 16.5. The van der Waals surface area contributed by atoms with E-state index in [2.05, 4.69) is 26.0 Å². The maximum Gasteiger partial charge on any atom is 0.119 e. The van der Waals surface area contributed by atoms with Crippen molar-refractivity contribution in [1.29, 1.82) is 0 Å². The third kappa shape index (κ3) is 3.74. The second kappa shape index (κ2) is 6.65. The smallest absolute Gasteiger partial charge is 0.119 e. The van der Waals surface area contributed by atoms with Gasteiger partial charge in [0, 0.05) is 5.54 Å². The normalized spacial score (nSPS) is 11.5. The number of ether oxygens (including phenoxy) is 1. The van der Waals surface area contributed by atoms with Crippen LogP contribution in [0, 0.1) is 0 Å². The van der Waals surface area contributed by atoms with Crippen LogP contribution in [-0.2, 0) is 5.54 Å². The lowest BCUT2D eigenvalue weighted by Gasteiger charge is -2.29. The Kier molecular flexibility index (Phi) is 5.49. The molecule has 0 amide bonds. The Morgan fingerprint density at radius 3 is 1.94 bits per heavy atom. The van der Waals surface area contributed by atoms with Crippen LogP contribution >= 0.6 is 0 Å². The van der Waals surface area contributed by atoms with Crippen molar-refractivity contribution >= 4 is 0 Å². The maximum absolute atomic E-state index is 6.52. The van der Waals surface area contributed by atoms with E-state index in [-0.39, 0.29) is 5.54 Å². The summed E-state index contributed by atoms with van der Waals surface area (Å²) in [6.07, 6.45) is 4.30. The van der Waals surface area contributed by atoms with Gasteiger partial charge < -0.3 is 10.5 Å². The molecule has 0 saturated heterocycles. The van der Waals surface area contributed by atoms with E-state index in [1.165, 1.54) is 5.56 Å². The molecular formula is C15H25NO. The predicted octanol–water partition coefficient (Wildman–Crippen LogP) is 3.84. The van der Waals surface area contributed by atoms with E-state index in [1.54, 1.807) is 0 Å². The minimum Gasteiger partial charge on any atom is -0.494 e. The highest BCUT2D eigenvalue weighted by molar-refractivity contribution is 5.31. The average Bonchev–Trinajstić information content (AvgIpc) is 2.31. The van der Waals surface area contributed by atoms with Crippen LogP contribution in [0.15, 0.2) is 24.3 Å². The van der Waals surface area contributed by atoms with Gasteiger partial charge in [0.25, 0.3) is 0 Å². The van der Waals surface area contributed by atoms with Gasteiger partial charge in [0.15, 0.2) is 0 Å². The summed E-state index contributed by atoms with van der Waals surface area (Å²) in [5.74, 6) is 0.923. The van der Waals surface area contributed by atoms with Crippen molar-refractivity contribution in [2.75, 3.05) is 6.61 Å².